The maximum atomic E-state index is 9.43. The minimum Gasteiger partial charge on any atom is -0.380 e. The maximum absolute atomic E-state index is 9.43. The highest BCUT2D eigenvalue weighted by atomic mass is 16.5. The fourth-order valence-electron chi connectivity index (χ4n) is 1.14. The van der Waals surface area contributed by atoms with Crippen molar-refractivity contribution < 1.29 is 14.6 Å². The summed E-state index contributed by atoms with van der Waals surface area (Å²) in [5.74, 6) is 0. The average Bonchev–Trinajstić information content (AvgIpc) is 2.15. The van der Waals surface area contributed by atoms with Gasteiger partial charge < -0.3 is 14.6 Å². The van der Waals surface area contributed by atoms with Crippen molar-refractivity contribution in [2.24, 2.45) is 0 Å². The molecule has 1 atom stereocenters. The third kappa shape index (κ3) is 7.26. The number of nitrogens with zero attached hydrogens (tertiary/aromatic N) is 1. The Morgan fingerprint density at radius 3 is 1.79 bits per heavy atom. The molecule has 0 heterocycles. The van der Waals surface area contributed by atoms with Crippen LogP contribution in [0, 0.1) is 0 Å². The van der Waals surface area contributed by atoms with Gasteiger partial charge in [-0.1, -0.05) is 0 Å². The van der Waals surface area contributed by atoms with Crippen LogP contribution in [0.25, 0.3) is 0 Å². The van der Waals surface area contributed by atoms with E-state index < -0.39 is 6.23 Å². The van der Waals surface area contributed by atoms with E-state index in [1.165, 1.54) is 0 Å². The average molecular weight is 205 g/mol. The van der Waals surface area contributed by atoms with Crippen LogP contribution in [-0.2, 0) is 9.47 Å². The maximum Gasteiger partial charge on any atom is 0.104 e. The van der Waals surface area contributed by atoms with Crippen LogP contribution in [0.5, 0.6) is 0 Å². The molecular weight excluding hydrogens is 182 g/mol. The van der Waals surface area contributed by atoms with Crippen LogP contribution < -0.4 is 0 Å². The lowest BCUT2D eigenvalue weighted by Crippen LogP contribution is -2.38. The summed E-state index contributed by atoms with van der Waals surface area (Å²) in [5, 5.41) is 9.43. The van der Waals surface area contributed by atoms with Crippen LogP contribution in [0.1, 0.15) is 20.8 Å². The van der Waals surface area contributed by atoms with Crippen molar-refractivity contribution in [3.63, 3.8) is 0 Å². The third-order valence-corrected chi connectivity index (χ3v) is 1.98. The summed E-state index contributed by atoms with van der Waals surface area (Å²) in [6.45, 7) is 9.95. The van der Waals surface area contributed by atoms with Crippen molar-refractivity contribution in [2.75, 3.05) is 39.5 Å². The molecule has 0 saturated carbocycles. The molecule has 4 nitrogen and oxygen atoms in total. The minimum absolute atomic E-state index is 0.434. The fourth-order valence-corrected chi connectivity index (χ4v) is 1.14. The number of rotatable bonds is 9. The predicted octanol–water partition coefficient (Wildman–Crippen LogP) is 0.700. The van der Waals surface area contributed by atoms with Crippen molar-refractivity contribution in [1.82, 2.24) is 4.90 Å². The molecule has 0 aromatic heterocycles. The summed E-state index contributed by atoms with van der Waals surface area (Å²) in [5.41, 5.74) is 0. The van der Waals surface area contributed by atoms with E-state index in [2.05, 4.69) is 0 Å². The molecule has 0 radical (unpaired) electrons. The summed E-state index contributed by atoms with van der Waals surface area (Å²) in [6.07, 6.45) is -0.434. The second-order valence-corrected chi connectivity index (χ2v) is 3.06. The lowest BCUT2D eigenvalue weighted by atomic mass is 10.4. The van der Waals surface area contributed by atoms with Gasteiger partial charge in [-0.3, -0.25) is 4.90 Å². The number of ether oxygens (including phenoxy) is 2. The van der Waals surface area contributed by atoms with Crippen LogP contribution in [0.2, 0.25) is 0 Å². The number of hydrogen-bond acceptors (Lipinski definition) is 4. The van der Waals surface area contributed by atoms with Gasteiger partial charge in [-0.05, 0) is 20.8 Å². The van der Waals surface area contributed by atoms with E-state index in [9.17, 15) is 5.11 Å². The van der Waals surface area contributed by atoms with E-state index in [1.807, 2.05) is 18.7 Å². The smallest absolute Gasteiger partial charge is 0.104 e. The second-order valence-electron chi connectivity index (χ2n) is 3.06. The third-order valence-electron chi connectivity index (χ3n) is 1.98. The van der Waals surface area contributed by atoms with E-state index in [0.717, 1.165) is 26.3 Å². The Bertz CT molecular complexity index is 110. The Kier molecular flexibility index (Phi) is 9.29. The highest BCUT2D eigenvalue weighted by Gasteiger charge is 2.09. The van der Waals surface area contributed by atoms with Gasteiger partial charge in [-0.25, -0.2) is 0 Å². The van der Waals surface area contributed by atoms with Gasteiger partial charge in [0.15, 0.2) is 0 Å². The molecule has 86 valence electrons. The molecule has 0 aliphatic rings. The molecule has 0 fully saturated rings. The molecule has 0 rings (SSSR count). The van der Waals surface area contributed by atoms with Gasteiger partial charge in [0.05, 0.1) is 13.2 Å². The van der Waals surface area contributed by atoms with Gasteiger partial charge in [0.25, 0.3) is 0 Å². The molecule has 4 heteroatoms. The van der Waals surface area contributed by atoms with Gasteiger partial charge in [0.2, 0.25) is 0 Å². The molecule has 0 spiro atoms. The van der Waals surface area contributed by atoms with E-state index in [0.29, 0.717) is 13.2 Å². The molecule has 0 amide bonds. The molecule has 0 bridgehead atoms. The summed E-state index contributed by atoms with van der Waals surface area (Å²) >= 11 is 0. The molecule has 0 saturated heterocycles. The van der Waals surface area contributed by atoms with Crippen molar-refractivity contribution in [3.05, 3.63) is 0 Å². The first kappa shape index (κ1) is 13.8. The molecule has 0 aliphatic heterocycles. The van der Waals surface area contributed by atoms with Crippen molar-refractivity contribution >= 4 is 0 Å². The molecule has 1 unspecified atom stereocenters. The first-order valence-electron chi connectivity index (χ1n) is 5.30. The molecule has 14 heavy (non-hydrogen) atoms. The minimum atomic E-state index is -0.434. The van der Waals surface area contributed by atoms with Gasteiger partial charge in [-0.2, -0.15) is 0 Å². The lowest BCUT2D eigenvalue weighted by molar-refractivity contribution is -0.0170. The Labute approximate surface area is 86.8 Å². The van der Waals surface area contributed by atoms with Crippen molar-refractivity contribution in [3.8, 4) is 0 Å². The summed E-state index contributed by atoms with van der Waals surface area (Å²) in [4.78, 5) is 1.94. The van der Waals surface area contributed by atoms with Crippen LogP contribution in [-0.4, -0.2) is 55.8 Å². The monoisotopic (exact) mass is 205 g/mol. The van der Waals surface area contributed by atoms with Gasteiger partial charge in [-0.15, -0.1) is 0 Å². The molecule has 0 aromatic rings. The van der Waals surface area contributed by atoms with Crippen molar-refractivity contribution in [1.29, 1.82) is 0 Å². The standard InChI is InChI=1S/C10H23NO3/c1-4-13-8-6-11(10(3)12)7-9-14-5-2/h10,12H,4-9H2,1-3H3. The van der Waals surface area contributed by atoms with Gasteiger partial charge in [0.1, 0.15) is 6.23 Å². The lowest BCUT2D eigenvalue weighted by Gasteiger charge is -2.24. The van der Waals surface area contributed by atoms with Crippen LogP contribution in [0.15, 0.2) is 0 Å². The first-order chi connectivity index (χ1) is 6.72. The Hall–Kier alpha value is -0.160. The highest BCUT2D eigenvalue weighted by Crippen LogP contribution is 1.95. The topological polar surface area (TPSA) is 41.9 Å². The normalized spacial score (nSPS) is 13.5. The molecule has 0 aromatic carbocycles. The summed E-state index contributed by atoms with van der Waals surface area (Å²) < 4.78 is 10.5. The van der Waals surface area contributed by atoms with E-state index in [1.54, 1.807) is 6.92 Å². The number of aliphatic hydroxyl groups excluding tert-OH is 1. The van der Waals surface area contributed by atoms with Crippen LogP contribution in [0.3, 0.4) is 0 Å². The zero-order valence-electron chi connectivity index (χ0n) is 9.53. The van der Waals surface area contributed by atoms with Crippen LogP contribution >= 0.6 is 0 Å². The first-order valence-corrected chi connectivity index (χ1v) is 5.30. The predicted molar refractivity (Wildman–Crippen MR) is 56.2 cm³/mol. The molecule has 0 aliphatic carbocycles. The Morgan fingerprint density at radius 1 is 1.07 bits per heavy atom. The zero-order chi connectivity index (χ0) is 10.8. The van der Waals surface area contributed by atoms with Gasteiger partial charge in [0, 0.05) is 26.3 Å². The summed E-state index contributed by atoms with van der Waals surface area (Å²) in [6, 6.07) is 0. The van der Waals surface area contributed by atoms with Crippen LogP contribution in [0.4, 0.5) is 0 Å². The van der Waals surface area contributed by atoms with Gasteiger partial charge >= 0.3 is 0 Å². The highest BCUT2D eigenvalue weighted by molar-refractivity contribution is 4.57. The Morgan fingerprint density at radius 2 is 1.50 bits per heavy atom. The largest absolute Gasteiger partial charge is 0.380 e. The molecular formula is C10H23NO3. The van der Waals surface area contributed by atoms with E-state index in [-0.39, 0.29) is 0 Å². The fraction of sp³-hybridized carbons (Fsp3) is 1.00. The summed E-state index contributed by atoms with van der Waals surface area (Å²) in [7, 11) is 0. The van der Waals surface area contributed by atoms with E-state index >= 15 is 0 Å². The number of aliphatic hydroxyl groups is 1. The quantitative estimate of drug-likeness (QED) is 0.444. The SMILES string of the molecule is CCOCCN(CCOCC)C(C)O. The Balaban J connectivity index is 3.55. The zero-order valence-corrected chi connectivity index (χ0v) is 9.53. The molecule has 1 N–H and O–H groups in total. The second kappa shape index (κ2) is 9.40. The van der Waals surface area contributed by atoms with E-state index in [4.69, 9.17) is 9.47 Å². The number of hydrogen-bond donors (Lipinski definition) is 1. The van der Waals surface area contributed by atoms with Crippen molar-refractivity contribution in [2.45, 2.75) is 27.0 Å².